The van der Waals surface area contributed by atoms with Crippen LogP contribution in [0, 0.1) is 0 Å². The molecule has 0 fully saturated rings. The van der Waals surface area contributed by atoms with Gasteiger partial charge in [0.1, 0.15) is 5.75 Å². The number of nitrogens with one attached hydrogen (secondary N) is 1. The van der Waals surface area contributed by atoms with Crippen molar-refractivity contribution < 1.29 is 9.53 Å². The maximum absolute atomic E-state index is 11.2. The molecule has 4 nitrogen and oxygen atoms in total. The quantitative estimate of drug-likeness (QED) is 0.814. The number of carbonyl (C=O) groups is 1. The lowest BCUT2D eigenvalue weighted by Gasteiger charge is -2.08. The molecule has 1 rings (SSSR count). The second kappa shape index (κ2) is 7.14. The van der Waals surface area contributed by atoms with Crippen molar-refractivity contribution in [3.05, 3.63) is 28.8 Å². The molecular formula is C12H17ClN2O2. The van der Waals surface area contributed by atoms with Crippen molar-refractivity contribution in [2.75, 3.05) is 13.2 Å². The number of nitrogens with two attached hydrogens (primary N) is 1. The molecule has 0 saturated carbocycles. The van der Waals surface area contributed by atoms with Crippen LogP contribution >= 0.6 is 11.6 Å². The highest BCUT2D eigenvalue weighted by Gasteiger charge is 2.04. The first-order chi connectivity index (χ1) is 8.17. The molecule has 0 unspecified atom stereocenters. The summed E-state index contributed by atoms with van der Waals surface area (Å²) in [6.45, 7) is 3.26. The summed E-state index contributed by atoms with van der Waals surface area (Å²) in [6.07, 6.45) is 0.322. The molecule has 5 heteroatoms. The Morgan fingerprint density at radius 1 is 1.53 bits per heavy atom. The van der Waals surface area contributed by atoms with Crippen molar-refractivity contribution in [3.8, 4) is 5.75 Å². The summed E-state index contributed by atoms with van der Waals surface area (Å²) in [4.78, 5) is 11.2. The first kappa shape index (κ1) is 13.8. The number of halogens is 1. The fraction of sp³-hybridized carbons (Fsp3) is 0.417. The second-order valence-electron chi connectivity index (χ2n) is 3.52. The van der Waals surface area contributed by atoms with E-state index < -0.39 is 0 Å². The predicted molar refractivity (Wildman–Crippen MR) is 68.1 cm³/mol. The third-order valence-corrected chi connectivity index (χ3v) is 2.49. The molecule has 0 spiro atoms. The molecule has 1 aromatic rings. The molecule has 1 amide bonds. The molecule has 1 aromatic carbocycles. The van der Waals surface area contributed by atoms with Crippen LogP contribution in [0.3, 0.4) is 0 Å². The zero-order chi connectivity index (χ0) is 12.7. The minimum Gasteiger partial charge on any atom is -0.491 e. The van der Waals surface area contributed by atoms with Crippen LogP contribution in [0.5, 0.6) is 5.75 Å². The number of hydrogen-bond donors (Lipinski definition) is 2. The SMILES string of the molecule is CCNC(=O)CCOc1ccc(CN)cc1Cl. The molecule has 0 bridgehead atoms. The third kappa shape index (κ3) is 4.63. The number of carbonyl (C=O) groups excluding carboxylic acids is 1. The fourth-order valence-electron chi connectivity index (χ4n) is 1.33. The van der Waals surface area contributed by atoms with Crippen LogP contribution in [-0.4, -0.2) is 19.1 Å². The van der Waals surface area contributed by atoms with Crippen molar-refractivity contribution >= 4 is 17.5 Å². The van der Waals surface area contributed by atoms with Crippen LogP contribution in [0.2, 0.25) is 5.02 Å². The summed E-state index contributed by atoms with van der Waals surface area (Å²) >= 11 is 6.00. The number of amides is 1. The van der Waals surface area contributed by atoms with Crippen LogP contribution in [-0.2, 0) is 11.3 Å². The standard InChI is InChI=1S/C12H17ClN2O2/c1-2-15-12(16)5-6-17-11-4-3-9(8-14)7-10(11)13/h3-4,7H,2,5-6,8,14H2,1H3,(H,15,16). The topological polar surface area (TPSA) is 64.3 Å². The van der Waals surface area contributed by atoms with Crippen molar-refractivity contribution in [1.82, 2.24) is 5.32 Å². The van der Waals surface area contributed by atoms with Crippen molar-refractivity contribution in [3.63, 3.8) is 0 Å². The van der Waals surface area contributed by atoms with Gasteiger partial charge in [0, 0.05) is 13.1 Å². The minimum atomic E-state index is -0.0257. The van der Waals surface area contributed by atoms with Gasteiger partial charge in [0.25, 0.3) is 0 Å². The summed E-state index contributed by atoms with van der Waals surface area (Å²) in [6, 6.07) is 5.39. The summed E-state index contributed by atoms with van der Waals surface area (Å²) in [7, 11) is 0. The Labute approximate surface area is 106 Å². The summed E-state index contributed by atoms with van der Waals surface area (Å²) in [5.41, 5.74) is 6.44. The molecule has 17 heavy (non-hydrogen) atoms. The van der Waals surface area contributed by atoms with Crippen LogP contribution in [0.4, 0.5) is 0 Å². The summed E-state index contributed by atoms with van der Waals surface area (Å²) in [5.74, 6) is 0.551. The van der Waals surface area contributed by atoms with Gasteiger partial charge in [0.05, 0.1) is 18.1 Å². The minimum absolute atomic E-state index is 0.0257. The lowest BCUT2D eigenvalue weighted by Crippen LogP contribution is -2.24. The molecule has 94 valence electrons. The second-order valence-corrected chi connectivity index (χ2v) is 3.93. The molecule has 0 aliphatic heterocycles. The maximum atomic E-state index is 11.2. The van der Waals surface area contributed by atoms with Crippen LogP contribution < -0.4 is 15.8 Å². The number of rotatable bonds is 6. The summed E-state index contributed by atoms with van der Waals surface area (Å²) in [5, 5.41) is 3.21. The Morgan fingerprint density at radius 3 is 2.88 bits per heavy atom. The molecule has 0 aliphatic carbocycles. The first-order valence-corrected chi connectivity index (χ1v) is 5.93. The predicted octanol–water partition coefficient (Wildman–Crippen LogP) is 1.70. The first-order valence-electron chi connectivity index (χ1n) is 5.55. The van der Waals surface area contributed by atoms with Gasteiger partial charge in [-0.2, -0.15) is 0 Å². The van der Waals surface area contributed by atoms with Crippen molar-refractivity contribution in [2.24, 2.45) is 5.73 Å². The Hall–Kier alpha value is -1.26. The van der Waals surface area contributed by atoms with Crippen molar-refractivity contribution in [2.45, 2.75) is 19.9 Å². The smallest absolute Gasteiger partial charge is 0.223 e. The monoisotopic (exact) mass is 256 g/mol. The third-order valence-electron chi connectivity index (χ3n) is 2.19. The molecule has 0 aromatic heterocycles. The van der Waals surface area contributed by atoms with E-state index in [0.717, 1.165) is 5.56 Å². The summed E-state index contributed by atoms with van der Waals surface area (Å²) < 4.78 is 5.42. The van der Waals surface area contributed by atoms with Gasteiger partial charge >= 0.3 is 0 Å². The molecule has 0 heterocycles. The Morgan fingerprint density at radius 2 is 2.29 bits per heavy atom. The molecule has 0 saturated heterocycles. The van der Waals surface area contributed by atoms with Gasteiger partial charge in [-0.1, -0.05) is 17.7 Å². The zero-order valence-corrected chi connectivity index (χ0v) is 10.6. The average Bonchev–Trinajstić information content (AvgIpc) is 2.31. The van der Waals surface area contributed by atoms with E-state index in [1.165, 1.54) is 0 Å². The van der Waals surface area contributed by atoms with Crippen LogP contribution in [0.1, 0.15) is 18.9 Å². The number of ether oxygens (including phenoxy) is 1. The van der Waals surface area contributed by atoms with Gasteiger partial charge < -0.3 is 15.8 Å². The van der Waals surface area contributed by atoms with E-state index in [0.29, 0.717) is 36.9 Å². The van der Waals surface area contributed by atoms with Crippen molar-refractivity contribution in [1.29, 1.82) is 0 Å². The largest absolute Gasteiger partial charge is 0.491 e. The van der Waals surface area contributed by atoms with E-state index in [1.54, 1.807) is 12.1 Å². The Balaban J connectivity index is 2.44. The molecule has 3 N–H and O–H groups in total. The van der Waals surface area contributed by atoms with E-state index in [1.807, 2.05) is 13.0 Å². The molecular weight excluding hydrogens is 240 g/mol. The normalized spacial score (nSPS) is 10.1. The van der Waals surface area contributed by atoms with E-state index in [-0.39, 0.29) is 5.91 Å². The van der Waals surface area contributed by atoms with E-state index in [9.17, 15) is 4.79 Å². The number of benzene rings is 1. The maximum Gasteiger partial charge on any atom is 0.223 e. The van der Waals surface area contributed by atoms with Gasteiger partial charge in [-0.05, 0) is 24.6 Å². The average molecular weight is 257 g/mol. The fourth-order valence-corrected chi connectivity index (χ4v) is 1.59. The Kier molecular flexibility index (Phi) is 5.80. The molecule has 0 radical (unpaired) electrons. The highest BCUT2D eigenvalue weighted by atomic mass is 35.5. The van der Waals surface area contributed by atoms with Crippen LogP contribution in [0.25, 0.3) is 0 Å². The number of hydrogen-bond acceptors (Lipinski definition) is 3. The van der Waals surface area contributed by atoms with Gasteiger partial charge in [0.2, 0.25) is 5.91 Å². The molecule has 0 aliphatic rings. The van der Waals surface area contributed by atoms with E-state index in [2.05, 4.69) is 5.32 Å². The molecule has 0 atom stereocenters. The lowest BCUT2D eigenvalue weighted by molar-refractivity contribution is -0.121. The van der Waals surface area contributed by atoms with E-state index >= 15 is 0 Å². The zero-order valence-electron chi connectivity index (χ0n) is 9.83. The van der Waals surface area contributed by atoms with Gasteiger partial charge in [0.15, 0.2) is 0 Å². The van der Waals surface area contributed by atoms with Gasteiger partial charge in [-0.3, -0.25) is 4.79 Å². The van der Waals surface area contributed by atoms with Gasteiger partial charge in [-0.25, -0.2) is 0 Å². The lowest BCUT2D eigenvalue weighted by atomic mass is 10.2. The van der Waals surface area contributed by atoms with Crippen LogP contribution in [0.15, 0.2) is 18.2 Å². The van der Waals surface area contributed by atoms with Gasteiger partial charge in [-0.15, -0.1) is 0 Å². The van der Waals surface area contributed by atoms with E-state index in [4.69, 9.17) is 22.1 Å². The highest BCUT2D eigenvalue weighted by molar-refractivity contribution is 6.32. The Bertz CT molecular complexity index is 383. The highest BCUT2D eigenvalue weighted by Crippen LogP contribution is 2.25.